The highest BCUT2D eigenvalue weighted by Gasteiger charge is 2.34. The van der Waals surface area contributed by atoms with E-state index in [1.54, 1.807) is 4.90 Å². The summed E-state index contributed by atoms with van der Waals surface area (Å²) in [5.74, 6) is -0.166. The van der Waals surface area contributed by atoms with Gasteiger partial charge in [0.05, 0.1) is 0 Å². The Balaban J connectivity index is 1.80. The SMILES string of the molecule is CC(C)(C)OC(=O)N1CCC(N2CCC(C(N)=O)CC2)C1. The highest BCUT2D eigenvalue weighted by Crippen LogP contribution is 2.24. The van der Waals surface area contributed by atoms with Gasteiger partial charge in [0, 0.05) is 25.0 Å². The van der Waals surface area contributed by atoms with E-state index in [1.807, 2.05) is 20.8 Å². The molecule has 1 atom stereocenters. The molecule has 6 nitrogen and oxygen atoms in total. The second-order valence-electron chi connectivity index (χ2n) is 7.08. The van der Waals surface area contributed by atoms with Crippen molar-refractivity contribution in [3.63, 3.8) is 0 Å². The summed E-state index contributed by atoms with van der Waals surface area (Å²) in [6, 6.07) is 0.381. The molecule has 0 bridgehead atoms. The number of hydrogen-bond acceptors (Lipinski definition) is 4. The average molecular weight is 297 g/mol. The molecule has 120 valence electrons. The Morgan fingerprint density at radius 3 is 2.24 bits per heavy atom. The Labute approximate surface area is 126 Å². The zero-order valence-electron chi connectivity index (χ0n) is 13.3. The van der Waals surface area contributed by atoms with E-state index in [0.29, 0.717) is 6.04 Å². The summed E-state index contributed by atoms with van der Waals surface area (Å²) in [6.45, 7) is 8.89. The fraction of sp³-hybridized carbons (Fsp3) is 0.867. The number of amides is 2. The monoisotopic (exact) mass is 297 g/mol. The van der Waals surface area contributed by atoms with Gasteiger partial charge < -0.3 is 15.4 Å². The van der Waals surface area contributed by atoms with Crippen LogP contribution in [0.15, 0.2) is 0 Å². The van der Waals surface area contributed by atoms with Crippen molar-refractivity contribution in [1.29, 1.82) is 0 Å². The lowest BCUT2D eigenvalue weighted by Crippen LogP contribution is -2.45. The number of primary amides is 1. The van der Waals surface area contributed by atoms with Gasteiger partial charge in [0.2, 0.25) is 5.91 Å². The van der Waals surface area contributed by atoms with E-state index >= 15 is 0 Å². The van der Waals surface area contributed by atoms with Crippen LogP contribution in [-0.2, 0) is 9.53 Å². The second kappa shape index (κ2) is 6.22. The Hall–Kier alpha value is -1.30. The van der Waals surface area contributed by atoms with E-state index in [-0.39, 0.29) is 17.9 Å². The second-order valence-corrected chi connectivity index (χ2v) is 7.08. The van der Waals surface area contributed by atoms with Crippen LogP contribution in [0.4, 0.5) is 4.79 Å². The lowest BCUT2D eigenvalue weighted by atomic mass is 9.95. The van der Waals surface area contributed by atoms with Crippen molar-refractivity contribution in [3.8, 4) is 0 Å². The first kappa shape index (κ1) is 16.1. The number of rotatable bonds is 2. The molecule has 0 spiro atoms. The molecule has 2 N–H and O–H groups in total. The lowest BCUT2D eigenvalue weighted by molar-refractivity contribution is -0.123. The summed E-state index contributed by atoms with van der Waals surface area (Å²) < 4.78 is 5.41. The predicted octanol–water partition coefficient (Wildman–Crippen LogP) is 1.19. The molecule has 21 heavy (non-hydrogen) atoms. The average Bonchev–Trinajstić information content (AvgIpc) is 2.86. The van der Waals surface area contributed by atoms with E-state index < -0.39 is 5.60 Å². The molecule has 2 aliphatic rings. The third-order valence-corrected chi connectivity index (χ3v) is 4.26. The number of hydrogen-bond donors (Lipinski definition) is 1. The Bertz CT molecular complexity index is 397. The largest absolute Gasteiger partial charge is 0.444 e. The summed E-state index contributed by atoms with van der Waals surface area (Å²) >= 11 is 0. The van der Waals surface area contributed by atoms with Gasteiger partial charge in [-0.2, -0.15) is 0 Å². The smallest absolute Gasteiger partial charge is 0.410 e. The minimum absolute atomic E-state index is 0.0182. The molecule has 6 heteroatoms. The highest BCUT2D eigenvalue weighted by molar-refractivity contribution is 5.76. The third kappa shape index (κ3) is 4.33. The van der Waals surface area contributed by atoms with Crippen LogP contribution < -0.4 is 5.73 Å². The zero-order valence-corrected chi connectivity index (χ0v) is 13.3. The van der Waals surface area contributed by atoms with E-state index in [2.05, 4.69) is 4.90 Å². The van der Waals surface area contributed by atoms with Crippen LogP contribution in [0.2, 0.25) is 0 Å². The van der Waals surface area contributed by atoms with Crippen LogP contribution in [0, 0.1) is 5.92 Å². The maximum Gasteiger partial charge on any atom is 0.410 e. The Morgan fingerprint density at radius 2 is 1.71 bits per heavy atom. The molecule has 0 aliphatic carbocycles. The minimum atomic E-state index is -0.449. The fourth-order valence-corrected chi connectivity index (χ4v) is 3.08. The maximum absolute atomic E-state index is 12.1. The van der Waals surface area contributed by atoms with Crippen LogP contribution in [0.25, 0.3) is 0 Å². The van der Waals surface area contributed by atoms with Gasteiger partial charge in [0.25, 0.3) is 0 Å². The molecule has 0 radical (unpaired) electrons. The van der Waals surface area contributed by atoms with Crippen LogP contribution in [-0.4, -0.2) is 59.6 Å². The molecule has 0 aromatic carbocycles. The third-order valence-electron chi connectivity index (χ3n) is 4.26. The van der Waals surface area contributed by atoms with Gasteiger partial charge in [0.1, 0.15) is 5.60 Å². The first-order chi connectivity index (χ1) is 9.76. The summed E-state index contributed by atoms with van der Waals surface area (Å²) in [6.07, 6.45) is 2.41. The summed E-state index contributed by atoms with van der Waals surface area (Å²) in [7, 11) is 0. The molecule has 2 heterocycles. The number of carbonyl (C=O) groups is 2. The van der Waals surface area contributed by atoms with Gasteiger partial charge in [-0.05, 0) is 53.1 Å². The molecule has 0 aromatic heterocycles. The molecular formula is C15H27N3O3. The molecule has 2 aliphatic heterocycles. The van der Waals surface area contributed by atoms with E-state index in [1.165, 1.54) is 0 Å². The van der Waals surface area contributed by atoms with Crippen molar-refractivity contribution in [2.24, 2.45) is 11.7 Å². The lowest BCUT2D eigenvalue weighted by Gasteiger charge is -2.35. The standard InChI is InChI=1S/C15H27N3O3/c1-15(2,3)21-14(20)18-9-6-12(10-18)17-7-4-11(5-8-17)13(16)19/h11-12H,4-10H2,1-3H3,(H2,16,19). The molecule has 2 saturated heterocycles. The van der Waals surface area contributed by atoms with Crippen LogP contribution >= 0.6 is 0 Å². The summed E-state index contributed by atoms with van der Waals surface area (Å²) in [4.78, 5) is 27.4. The van der Waals surface area contributed by atoms with Gasteiger partial charge in [-0.1, -0.05) is 0 Å². The van der Waals surface area contributed by atoms with Crippen LogP contribution in [0.1, 0.15) is 40.0 Å². The van der Waals surface area contributed by atoms with E-state index in [4.69, 9.17) is 10.5 Å². The number of ether oxygens (including phenoxy) is 1. The van der Waals surface area contributed by atoms with Gasteiger partial charge in [0.15, 0.2) is 0 Å². The maximum atomic E-state index is 12.1. The number of likely N-dealkylation sites (tertiary alicyclic amines) is 2. The number of carbonyl (C=O) groups excluding carboxylic acids is 2. The van der Waals surface area contributed by atoms with E-state index in [9.17, 15) is 9.59 Å². The molecule has 0 aromatic rings. The van der Waals surface area contributed by atoms with Crippen molar-refractivity contribution < 1.29 is 14.3 Å². The quantitative estimate of drug-likeness (QED) is 0.831. The summed E-state index contributed by atoms with van der Waals surface area (Å²) in [5.41, 5.74) is 4.91. The predicted molar refractivity (Wildman–Crippen MR) is 79.7 cm³/mol. The van der Waals surface area contributed by atoms with Gasteiger partial charge in [-0.3, -0.25) is 9.69 Å². The van der Waals surface area contributed by atoms with Crippen molar-refractivity contribution >= 4 is 12.0 Å². The fourth-order valence-electron chi connectivity index (χ4n) is 3.08. The zero-order chi connectivity index (χ0) is 15.6. The summed E-state index contributed by atoms with van der Waals surface area (Å²) in [5, 5.41) is 0. The van der Waals surface area contributed by atoms with Gasteiger partial charge in [-0.15, -0.1) is 0 Å². The van der Waals surface area contributed by atoms with Crippen molar-refractivity contribution in [2.45, 2.75) is 51.7 Å². The van der Waals surface area contributed by atoms with Crippen LogP contribution in [0.5, 0.6) is 0 Å². The minimum Gasteiger partial charge on any atom is -0.444 e. The van der Waals surface area contributed by atoms with Crippen molar-refractivity contribution in [3.05, 3.63) is 0 Å². The van der Waals surface area contributed by atoms with Crippen LogP contribution in [0.3, 0.4) is 0 Å². The topological polar surface area (TPSA) is 75.9 Å². The number of nitrogens with zero attached hydrogens (tertiary/aromatic N) is 2. The number of nitrogens with two attached hydrogens (primary N) is 1. The molecule has 2 amide bonds. The Morgan fingerprint density at radius 1 is 1.10 bits per heavy atom. The number of piperidine rings is 1. The first-order valence-corrected chi connectivity index (χ1v) is 7.77. The van der Waals surface area contributed by atoms with Gasteiger partial charge in [-0.25, -0.2) is 4.79 Å². The molecule has 0 saturated carbocycles. The van der Waals surface area contributed by atoms with Gasteiger partial charge >= 0.3 is 6.09 Å². The van der Waals surface area contributed by atoms with Crippen molar-refractivity contribution in [2.75, 3.05) is 26.2 Å². The highest BCUT2D eigenvalue weighted by atomic mass is 16.6. The Kier molecular flexibility index (Phi) is 4.76. The first-order valence-electron chi connectivity index (χ1n) is 7.77. The van der Waals surface area contributed by atoms with E-state index in [0.717, 1.165) is 45.4 Å². The van der Waals surface area contributed by atoms with Crippen molar-refractivity contribution in [1.82, 2.24) is 9.80 Å². The molecule has 2 rings (SSSR count). The molecule has 1 unspecified atom stereocenters. The molecule has 2 fully saturated rings. The molecular weight excluding hydrogens is 270 g/mol. The normalized spacial score (nSPS) is 25.1.